The van der Waals surface area contributed by atoms with Gasteiger partial charge in [-0.3, -0.25) is 0 Å². The molecule has 0 saturated heterocycles. The van der Waals surface area contributed by atoms with E-state index in [-0.39, 0.29) is 5.75 Å². The molecule has 0 aliphatic heterocycles. The number of rotatable bonds is 2. The van der Waals surface area contributed by atoms with Crippen LogP contribution in [0.1, 0.15) is 0 Å². The van der Waals surface area contributed by atoms with Gasteiger partial charge in [0.15, 0.2) is 0 Å². The first kappa shape index (κ1) is 13.6. The molecule has 0 aromatic heterocycles. The van der Waals surface area contributed by atoms with Gasteiger partial charge in [0.25, 0.3) is 0 Å². The summed E-state index contributed by atoms with van der Waals surface area (Å²) in [6.07, 6.45) is 0. The highest BCUT2D eigenvalue weighted by Crippen LogP contribution is 2.37. The third kappa shape index (κ3) is 2.73. The number of fused-ring (bicyclic) bond motifs is 1. The molecule has 0 saturated carbocycles. The van der Waals surface area contributed by atoms with E-state index in [4.69, 9.17) is 5.73 Å². The lowest BCUT2D eigenvalue weighted by atomic mass is 10.1. The second kappa shape index (κ2) is 5.54. The van der Waals surface area contributed by atoms with Crippen molar-refractivity contribution in [1.82, 2.24) is 0 Å². The van der Waals surface area contributed by atoms with Gasteiger partial charge in [0, 0.05) is 9.86 Å². The first-order chi connectivity index (χ1) is 10.1. The SMILES string of the molecule is Nc1ccc(Br)cc1N=Nc1c(O)ccc2ccccc12. The Labute approximate surface area is 130 Å². The Morgan fingerprint density at radius 3 is 2.62 bits per heavy atom. The molecule has 0 spiro atoms. The molecule has 3 rings (SSSR count). The molecule has 0 atom stereocenters. The Morgan fingerprint density at radius 2 is 1.76 bits per heavy atom. The van der Waals surface area contributed by atoms with Crippen LogP contribution in [0.2, 0.25) is 0 Å². The maximum Gasteiger partial charge on any atom is 0.143 e. The molecule has 0 aliphatic rings. The minimum Gasteiger partial charge on any atom is -0.506 e. The van der Waals surface area contributed by atoms with Crippen LogP contribution >= 0.6 is 15.9 Å². The zero-order valence-corrected chi connectivity index (χ0v) is 12.6. The highest BCUT2D eigenvalue weighted by molar-refractivity contribution is 9.10. The number of nitrogens with zero attached hydrogens (tertiary/aromatic N) is 2. The summed E-state index contributed by atoms with van der Waals surface area (Å²) < 4.78 is 0.868. The van der Waals surface area contributed by atoms with Crippen LogP contribution in [0.4, 0.5) is 17.1 Å². The van der Waals surface area contributed by atoms with Crippen molar-refractivity contribution in [1.29, 1.82) is 0 Å². The smallest absolute Gasteiger partial charge is 0.143 e. The van der Waals surface area contributed by atoms with Crippen molar-refractivity contribution in [3.05, 3.63) is 59.1 Å². The summed E-state index contributed by atoms with van der Waals surface area (Å²) >= 11 is 3.37. The molecule has 0 bridgehead atoms. The van der Waals surface area contributed by atoms with E-state index in [1.165, 1.54) is 0 Å². The number of hydrogen-bond donors (Lipinski definition) is 2. The molecule has 3 N–H and O–H groups in total. The van der Waals surface area contributed by atoms with Crippen LogP contribution in [0.25, 0.3) is 10.8 Å². The quantitative estimate of drug-likeness (QED) is 0.490. The van der Waals surface area contributed by atoms with Gasteiger partial charge in [-0.25, -0.2) is 0 Å². The summed E-state index contributed by atoms with van der Waals surface area (Å²) in [5.41, 5.74) is 7.39. The topological polar surface area (TPSA) is 71.0 Å². The summed E-state index contributed by atoms with van der Waals surface area (Å²) in [6.45, 7) is 0. The van der Waals surface area contributed by atoms with E-state index in [2.05, 4.69) is 26.2 Å². The van der Waals surface area contributed by atoms with Gasteiger partial charge >= 0.3 is 0 Å². The van der Waals surface area contributed by atoms with Gasteiger partial charge in [-0.2, -0.15) is 0 Å². The zero-order chi connectivity index (χ0) is 14.8. The molecule has 0 fully saturated rings. The van der Waals surface area contributed by atoms with Gasteiger partial charge in [-0.1, -0.05) is 46.3 Å². The van der Waals surface area contributed by atoms with Gasteiger partial charge < -0.3 is 10.8 Å². The van der Waals surface area contributed by atoms with Crippen LogP contribution in [-0.2, 0) is 0 Å². The molecule has 0 aliphatic carbocycles. The summed E-state index contributed by atoms with van der Waals surface area (Å²) in [6, 6.07) is 16.5. The third-order valence-corrected chi connectivity index (χ3v) is 3.62. The lowest BCUT2D eigenvalue weighted by molar-refractivity contribution is 0.477. The molecule has 0 amide bonds. The molecule has 5 heteroatoms. The Balaban J connectivity index is 2.11. The fraction of sp³-hybridized carbons (Fsp3) is 0. The molecule has 21 heavy (non-hydrogen) atoms. The average Bonchev–Trinajstić information content (AvgIpc) is 2.49. The second-order valence-corrected chi connectivity index (χ2v) is 5.47. The van der Waals surface area contributed by atoms with E-state index in [1.807, 2.05) is 36.4 Å². The van der Waals surface area contributed by atoms with Gasteiger partial charge in [0.2, 0.25) is 0 Å². The number of nitrogens with two attached hydrogens (primary N) is 1. The number of aromatic hydroxyl groups is 1. The van der Waals surface area contributed by atoms with Gasteiger partial charge in [-0.15, -0.1) is 10.2 Å². The molecule has 3 aromatic rings. The van der Waals surface area contributed by atoms with Crippen molar-refractivity contribution in [2.75, 3.05) is 5.73 Å². The van der Waals surface area contributed by atoms with Crippen LogP contribution in [0.3, 0.4) is 0 Å². The van der Waals surface area contributed by atoms with Crippen molar-refractivity contribution in [3.63, 3.8) is 0 Å². The fourth-order valence-corrected chi connectivity index (χ4v) is 2.41. The lowest BCUT2D eigenvalue weighted by Gasteiger charge is -2.04. The Hall–Kier alpha value is -2.40. The van der Waals surface area contributed by atoms with Crippen LogP contribution in [0, 0.1) is 0 Å². The average molecular weight is 342 g/mol. The molecule has 0 heterocycles. The standard InChI is InChI=1S/C16H12BrN3O/c17-11-6-7-13(18)14(9-11)19-20-16-12-4-2-1-3-10(12)5-8-15(16)21/h1-9,21H,18H2. The van der Waals surface area contributed by atoms with Crippen LogP contribution < -0.4 is 5.73 Å². The number of phenols is 1. The van der Waals surface area contributed by atoms with Gasteiger partial charge in [-0.05, 0) is 29.7 Å². The number of benzene rings is 3. The second-order valence-electron chi connectivity index (χ2n) is 4.56. The molecular weight excluding hydrogens is 330 g/mol. The number of phenolic OH excluding ortho intramolecular Hbond substituents is 1. The van der Waals surface area contributed by atoms with Crippen molar-refractivity contribution in [2.24, 2.45) is 10.2 Å². The predicted molar refractivity (Wildman–Crippen MR) is 88.3 cm³/mol. The van der Waals surface area contributed by atoms with E-state index in [0.29, 0.717) is 17.1 Å². The van der Waals surface area contributed by atoms with E-state index >= 15 is 0 Å². The van der Waals surface area contributed by atoms with Crippen molar-refractivity contribution < 1.29 is 5.11 Å². The fourth-order valence-electron chi connectivity index (χ4n) is 2.06. The highest BCUT2D eigenvalue weighted by Gasteiger charge is 2.06. The van der Waals surface area contributed by atoms with Gasteiger partial charge in [0.05, 0.1) is 5.69 Å². The normalized spacial score (nSPS) is 11.3. The Bertz CT molecular complexity index is 846. The maximum atomic E-state index is 10.0. The molecular formula is C16H12BrN3O. The number of hydrogen-bond acceptors (Lipinski definition) is 4. The monoisotopic (exact) mass is 341 g/mol. The first-order valence-corrected chi connectivity index (χ1v) is 7.12. The Morgan fingerprint density at radius 1 is 0.952 bits per heavy atom. The molecule has 0 unspecified atom stereocenters. The minimum atomic E-state index is 0.0889. The predicted octanol–water partition coefficient (Wildman–Crippen LogP) is 5.31. The number of anilines is 1. The number of nitrogen functional groups attached to an aromatic ring is 1. The summed E-state index contributed by atoms with van der Waals surface area (Å²) in [4.78, 5) is 0. The summed E-state index contributed by atoms with van der Waals surface area (Å²) in [5.74, 6) is 0.0889. The third-order valence-electron chi connectivity index (χ3n) is 3.13. The largest absolute Gasteiger partial charge is 0.506 e. The van der Waals surface area contributed by atoms with Gasteiger partial charge in [0.1, 0.15) is 17.1 Å². The van der Waals surface area contributed by atoms with Crippen LogP contribution in [0.15, 0.2) is 69.3 Å². The molecule has 104 valence electrons. The first-order valence-electron chi connectivity index (χ1n) is 6.32. The summed E-state index contributed by atoms with van der Waals surface area (Å²) in [5, 5.41) is 20.2. The van der Waals surface area contributed by atoms with Crippen LogP contribution in [0.5, 0.6) is 5.75 Å². The van der Waals surface area contributed by atoms with Crippen molar-refractivity contribution in [3.8, 4) is 5.75 Å². The number of azo groups is 1. The van der Waals surface area contributed by atoms with Crippen LogP contribution in [-0.4, -0.2) is 5.11 Å². The van der Waals surface area contributed by atoms with Crippen molar-refractivity contribution >= 4 is 43.8 Å². The zero-order valence-electron chi connectivity index (χ0n) is 11.0. The minimum absolute atomic E-state index is 0.0889. The maximum absolute atomic E-state index is 10.0. The summed E-state index contributed by atoms with van der Waals surface area (Å²) in [7, 11) is 0. The molecule has 3 aromatic carbocycles. The molecule has 4 nitrogen and oxygen atoms in total. The molecule has 0 radical (unpaired) electrons. The number of halogens is 1. The van der Waals surface area contributed by atoms with E-state index in [9.17, 15) is 5.11 Å². The lowest BCUT2D eigenvalue weighted by Crippen LogP contribution is -1.84. The van der Waals surface area contributed by atoms with E-state index < -0.39 is 0 Å². The van der Waals surface area contributed by atoms with E-state index in [0.717, 1.165) is 15.2 Å². The highest BCUT2D eigenvalue weighted by atomic mass is 79.9. The van der Waals surface area contributed by atoms with Crippen molar-refractivity contribution in [2.45, 2.75) is 0 Å². The van der Waals surface area contributed by atoms with E-state index in [1.54, 1.807) is 18.2 Å². The Kier molecular flexibility index (Phi) is 3.58.